The summed E-state index contributed by atoms with van der Waals surface area (Å²) in [6.07, 6.45) is 12.2. The van der Waals surface area contributed by atoms with Gasteiger partial charge in [0, 0.05) is 18.0 Å². The Hall–Kier alpha value is -1.44. The van der Waals surface area contributed by atoms with Crippen LogP contribution in [0.5, 0.6) is 0 Å². The maximum atomic E-state index is 4.17. The molecule has 1 aliphatic carbocycles. The molecule has 1 heterocycles. The van der Waals surface area contributed by atoms with Crippen molar-refractivity contribution in [3.63, 3.8) is 0 Å². The van der Waals surface area contributed by atoms with Gasteiger partial charge in [-0.15, -0.1) is 0 Å². The van der Waals surface area contributed by atoms with Crippen molar-refractivity contribution in [1.82, 2.24) is 9.97 Å². The fourth-order valence-corrected chi connectivity index (χ4v) is 1.23. The van der Waals surface area contributed by atoms with E-state index in [2.05, 4.69) is 28.2 Å². The van der Waals surface area contributed by atoms with Crippen LogP contribution in [-0.2, 0) is 0 Å². The number of aromatic nitrogens is 2. The van der Waals surface area contributed by atoms with E-state index in [9.17, 15) is 0 Å². The van der Waals surface area contributed by atoms with Crippen LogP contribution in [0.4, 0.5) is 0 Å². The van der Waals surface area contributed by atoms with Crippen molar-refractivity contribution in [1.29, 1.82) is 0 Å². The lowest BCUT2D eigenvalue weighted by Gasteiger charge is -2.03. The van der Waals surface area contributed by atoms with Crippen molar-refractivity contribution in [2.24, 2.45) is 0 Å². The van der Waals surface area contributed by atoms with Crippen LogP contribution in [-0.4, -0.2) is 9.97 Å². The normalized spacial score (nSPS) is 15.8. The van der Waals surface area contributed by atoms with Crippen molar-refractivity contribution in [2.45, 2.75) is 12.8 Å². The molecule has 1 aromatic heterocycles. The van der Waals surface area contributed by atoms with Gasteiger partial charge in [-0.05, 0) is 18.9 Å². The molecule has 0 fully saturated rings. The van der Waals surface area contributed by atoms with E-state index in [-0.39, 0.29) is 0 Å². The molecule has 0 aliphatic heterocycles. The van der Waals surface area contributed by atoms with Crippen molar-refractivity contribution in [3.05, 3.63) is 42.5 Å². The number of nitrogens with zero attached hydrogens (tertiary/aromatic N) is 2. The molecule has 2 nitrogen and oxygen atoms in total. The van der Waals surface area contributed by atoms with E-state index in [0.29, 0.717) is 0 Å². The molecule has 12 heavy (non-hydrogen) atoms. The van der Waals surface area contributed by atoms with Gasteiger partial charge in [-0.25, -0.2) is 9.97 Å². The second-order valence-electron chi connectivity index (χ2n) is 2.71. The van der Waals surface area contributed by atoms with Crippen LogP contribution in [0.1, 0.15) is 18.7 Å². The molecule has 0 radical (unpaired) electrons. The number of allylic oxidation sites excluding steroid dienone is 4. The Morgan fingerprint density at radius 1 is 1.08 bits per heavy atom. The maximum Gasteiger partial charge on any atom is 0.158 e. The summed E-state index contributed by atoms with van der Waals surface area (Å²) in [6.45, 7) is 0. The zero-order valence-electron chi connectivity index (χ0n) is 6.77. The van der Waals surface area contributed by atoms with Crippen LogP contribution < -0.4 is 0 Å². The SMILES string of the molecule is C1=CC(c2ncccn2)=CCC1. The van der Waals surface area contributed by atoms with Gasteiger partial charge in [-0.2, -0.15) is 0 Å². The van der Waals surface area contributed by atoms with Gasteiger partial charge in [0.05, 0.1) is 0 Å². The molecule has 2 rings (SSSR count). The van der Waals surface area contributed by atoms with Crippen molar-refractivity contribution < 1.29 is 0 Å². The summed E-state index contributed by atoms with van der Waals surface area (Å²) >= 11 is 0. The van der Waals surface area contributed by atoms with Crippen LogP contribution in [0.2, 0.25) is 0 Å². The van der Waals surface area contributed by atoms with E-state index >= 15 is 0 Å². The van der Waals surface area contributed by atoms with Gasteiger partial charge in [0.15, 0.2) is 5.82 Å². The predicted molar refractivity (Wildman–Crippen MR) is 48.4 cm³/mol. The average Bonchev–Trinajstić information content (AvgIpc) is 2.21. The minimum atomic E-state index is 0.827. The highest BCUT2D eigenvalue weighted by atomic mass is 14.9. The van der Waals surface area contributed by atoms with Gasteiger partial charge in [-0.3, -0.25) is 0 Å². The Morgan fingerprint density at radius 2 is 1.92 bits per heavy atom. The van der Waals surface area contributed by atoms with Gasteiger partial charge < -0.3 is 0 Å². The molecule has 0 spiro atoms. The first-order valence-corrected chi connectivity index (χ1v) is 4.11. The van der Waals surface area contributed by atoms with Crippen molar-refractivity contribution >= 4 is 5.57 Å². The minimum absolute atomic E-state index is 0.827. The van der Waals surface area contributed by atoms with Crippen LogP contribution >= 0.6 is 0 Å². The van der Waals surface area contributed by atoms with Gasteiger partial charge >= 0.3 is 0 Å². The third kappa shape index (κ3) is 1.42. The lowest BCUT2D eigenvalue weighted by atomic mass is 10.1. The first-order valence-electron chi connectivity index (χ1n) is 4.11. The standard InChI is InChI=1S/C10H10N2/c1-2-5-9(6-3-1)10-11-7-4-8-12-10/h2,4-8H,1,3H2. The van der Waals surface area contributed by atoms with Crippen LogP contribution in [0.25, 0.3) is 5.57 Å². The zero-order chi connectivity index (χ0) is 8.23. The van der Waals surface area contributed by atoms with Gasteiger partial charge in [0.2, 0.25) is 0 Å². The molecular formula is C10H10N2. The van der Waals surface area contributed by atoms with E-state index in [0.717, 1.165) is 24.2 Å². The highest BCUT2D eigenvalue weighted by Gasteiger charge is 2.01. The largest absolute Gasteiger partial charge is 0.237 e. The van der Waals surface area contributed by atoms with Crippen molar-refractivity contribution in [2.75, 3.05) is 0 Å². The van der Waals surface area contributed by atoms with Gasteiger partial charge in [0.25, 0.3) is 0 Å². The lowest BCUT2D eigenvalue weighted by molar-refractivity contribution is 1.03. The molecule has 0 aromatic carbocycles. The summed E-state index contributed by atoms with van der Waals surface area (Å²) in [5.74, 6) is 0.827. The zero-order valence-corrected chi connectivity index (χ0v) is 6.77. The van der Waals surface area contributed by atoms with E-state index in [1.54, 1.807) is 12.4 Å². The molecule has 1 aliphatic rings. The molecule has 0 saturated heterocycles. The number of hydrogen-bond acceptors (Lipinski definition) is 2. The molecule has 60 valence electrons. The minimum Gasteiger partial charge on any atom is -0.237 e. The Bertz CT molecular complexity index is 312. The van der Waals surface area contributed by atoms with Gasteiger partial charge in [0.1, 0.15) is 0 Å². The summed E-state index contributed by atoms with van der Waals surface area (Å²) in [6, 6.07) is 1.83. The van der Waals surface area contributed by atoms with E-state index < -0.39 is 0 Å². The smallest absolute Gasteiger partial charge is 0.158 e. The molecular weight excluding hydrogens is 148 g/mol. The molecule has 0 amide bonds. The number of rotatable bonds is 1. The molecule has 0 bridgehead atoms. The third-order valence-electron chi connectivity index (χ3n) is 1.82. The Balaban J connectivity index is 2.31. The lowest BCUT2D eigenvalue weighted by Crippen LogP contribution is -1.92. The molecule has 0 atom stereocenters. The molecule has 0 N–H and O–H groups in total. The third-order valence-corrected chi connectivity index (χ3v) is 1.82. The second kappa shape index (κ2) is 3.30. The molecule has 2 heteroatoms. The van der Waals surface area contributed by atoms with Crippen molar-refractivity contribution in [3.8, 4) is 0 Å². The second-order valence-corrected chi connectivity index (χ2v) is 2.71. The first-order chi connectivity index (χ1) is 5.97. The van der Waals surface area contributed by atoms with Crippen LogP contribution in [0.15, 0.2) is 36.7 Å². The quantitative estimate of drug-likeness (QED) is 0.626. The summed E-state index contributed by atoms with van der Waals surface area (Å²) in [7, 11) is 0. The van der Waals surface area contributed by atoms with E-state index in [1.165, 1.54) is 0 Å². The highest BCUT2D eigenvalue weighted by molar-refractivity contribution is 5.69. The van der Waals surface area contributed by atoms with E-state index in [1.807, 2.05) is 6.07 Å². The summed E-state index contributed by atoms with van der Waals surface area (Å²) in [5, 5.41) is 0. The monoisotopic (exact) mass is 158 g/mol. The predicted octanol–water partition coefficient (Wildman–Crippen LogP) is 2.21. The summed E-state index contributed by atoms with van der Waals surface area (Å²) in [5.41, 5.74) is 1.14. The Labute approximate surface area is 71.7 Å². The molecule has 0 saturated carbocycles. The summed E-state index contributed by atoms with van der Waals surface area (Å²) < 4.78 is 0. The fraction of sp³-hybridized carbons (Fsp3) is 0.200. The highest BCUT2D eigenvalue weighted by Crippen LogP contribution is 2.16. The number of hydrogen-bond donors (Lipinski definition) is 0. The molecule has 1 aromatic rings. The Kier molecular flexibility index (Phi) is 1.99. The average molecular weight is 158 g/mol. The summed E-state index contributed by atoms with van der Waals surface area (Å²) in [4.78, 5) is 8.34. The van der Waals surface area contributed by atoms with Crippen LogP contribution in [0, 0.1) is 0 Å². The Morgan fingerprint density at radius 3 is 2.58 bits per heavy atom. The van der Waals surface area contributed by atoms with Crippen LogP contribution in [0.3, 0.4) is 0 Å². The molecule has 0 unspecified atom stereocenters. The van der Waals surface area contributed by atoms with Gasteiger partial charge in [-0.1, -0.05) is 18.2 Å². The van der Waals surface area contributed by atoms with E-state index in [4.69, 9.17) is 0 Å². The first kappa shape index (κ1) is 7.22. The topological polar surface area (TPSA) is 25.8 Å². The maximum absolute atomic E-state index is 4.17. The fourth-order valence-electron chi connectivity index (χ4n) is 1.23.